The highest BCUT2D eigenvalue weighted by Crippen LogP contribution is 2.14. The first kappa shape index (κ1) is 13.1. The van der Waals surface area contributed by atoms with Gasteiger partial charge >= 0.3 is 0 Å². The molecule has 0 unspecified atom stereocenters. The molecule has 0 spiro atoms. The molecule has 5 heteroatoms. The fourth-order valence-electron chi connectivity index (χ4n) is 1.49. The molecule has 1 aromatic heterocycles. The second kappa shape index (κ2) is 5.98. The molecule has 3 nitrogen and oxygen atoms in total. The minimum absolute atomic E-state index is 0.122. The van der Waals surface area contributed by atoms with E-state index in [1.165, 1.54) is 0 Å². The number of carbonyl (C=O) groups is 1. The van der Waals surface area contributed by atoms with Crippen LogP contribution in [0.5, 0.6) is 0 Å². The Kier molecular flexibility index (Phi) is 4.33. The number of aromatic nitrogens is 1. The fourth-order valence-corrected chi connectivity index (χ4v) is 2.10. The molecule has 0 radical (unpaired) electrons. The van der Waals surface area contributed by atoms with Gasteiger partial charge in [-0.25, -0.2) is 4.98 Å². The summed E-state index contributed by atoms with van der Waals surface area (Å²) in [5, 5.41) is 3.25. The van der Waals surface area contributed by atoms with E-state index >= 15 is 0 Å². The zero-order valence-electron chi connectivity index (χ0n) is 9.36. The molecule has 0 saturated heterocycles. The van der Waals surface area contributed by atoms with Crippen molar-refractivity contribution in [1.82, 2.24) is 4.98 Å². The number of benzene rings is 1. The highest BCUT2D eigenvalue weighted by atomic mass is 79.9. The summed E-state index contributed by atoms with van der Waals surface area (Å²) in [6.45, 7) is 0. The van der Waals surface area contributed by atoms with Gasteiger partial charge in [-0.15, -0.1) is 0 Å². The Balaban J connectivity index is 2.01. The van der Waals surface area contributed by atoms with Gasteiger partial charge in [0, 0.05) is 15.7 Å². The molecule has 1 amide bonds. The molecule has 0 aliphatic rings. The lowest BCUT2D eigenvalue weighted by Crippen LogP contribution is -2.15. The Morgan fingerprint density at radius 3 is 2.89 bits per heavy atom. The topological polar surface area (TPSA) is 42.0 Å². The Bertz CT molecular complexity index is 525. The van der Waals surface area contributed by atoms with Gasteiger partial charge in [-0.05, 0) is 29.8 Å². The maximum Gasteiger partial charge on any atom is 0.229 e. The van der Waals surface area contributed by atoms with Crippen molar-refractivity contribution in [2.75, 3.05) is 5.32 Å². The molecule has 0 saturated carbocycles. The first-order chi connectivity index (χ1) is 8.63. The number of halogens is 2. The van der Waals surface area contributed by atoms with E-state index in [4.69, 9.17) is 11.6 Å². The number of anilines is 1. The maximum atomic E-state index is 11.8. The molecule has 0 atom stereocenters. The van der Waals surface area contributed by atoms with Crippen LogP contribution in [0.4, 0.5) is 5.82 Å². The predicted molar refractivity (Wildman–Crippen MR) is 75.7 cm³/mol. The van der Waals surface area contributed by atoms with Gasteiger partial charge in [0.2, 0.25) is 5.91 Å². The van der Waals surface area contributed by atoms with E-state index in [0.29, 0.717) is 17.3 Å². The largest absolute Gasteiger partial charge is 0.310 e. The third-order valence-electron chi connectivity index (χ3n) is 2.24. The lowest BCUT2D eigenvalue weighted by molar-refractivity contribution is -0.115. The van der Waals surface area contributed by atoms with Crippen LogP contribution >= 0.6 is 27.5 Å². The molecule has 2 rings (SSSR count). The van der Waals surface area contributed by atoms with E-state index in [9.17, 15) is 4.79 Å². The number of amides is 1. The summed E-state index contributed by atoms with van der Waals surface area (Å²) in [4.78, 5) is 15.8. The third kappa shape index (κ3) is 3.82. The van der Waals surface area contributed by atoms with Crippen LogP contribution in [-0.4, -0.2) is 10.9 Å². The van der Waals surface area contributed by atoms with Crippen LogP contribution in [0.2, 0.25) is 5.02 Å². The number of hydrogen-bond donors (Lipinski definition) is 1. The van der Waals surface area contributed by atoms with Crippen molar-refractivity contribution < 1.29 is 4.79 Å². The molecule has 2 aromatic rings. The summed E-state index contributed by atoms with van der Waals surface area (Å²) in [5.41, 5.74) is 0.934. The van der Waals surface area contributed by atoms with Gasteiger partial charge in [0.05, 0.1) is 6.42 Å². The van der Waals surface area contributed by atoms with E-state index in [2.05, 4.69) is 26.2 Å². The number of hydrogen-bond acceptors (Lipinski definition) is 2. The van der Waals surface area contributed by atoms with Crippen molar-refractivity contribution in [3.63, 3.8) is 0 Å². The molecule has 0 bridgehead atoms. The maximum absolute atomic E-state index is 11.8. The number of nitrogens with zero attached hydrogens (tertiary/aromatic N) is 1. The Morgan fingerprint density at radius 1 is 1.33 bits per heavy atom. The molecule has 0 aliphatic heterocycles. The standard InChI is InChI=1S/C13H10BrClN2O/c14-10-3-1-2-9(6-10)7-13(18)17-12-8-11(15)4-5-16-12/h1-6,8H,7H2,(H,16,17,18). The van der Waals surface area contributed by atoms with Gasteiger partial charge in [-0.2, -0.15) is 0 Å². The predicted octanol–water partition coefficient (Wildman–Crippen LogP) is 3.68. The van der Waals surface area contributed by atoms with Crippen LogP contribution in [0.15, 0.2) is 47.1 Å². The molecule has 92 valence electrons. The molecular weight excluding hydrogens is 316 g/mol. The van der Waals surface area contributed by atoms with E-state index in [1.54, 1.807) is 18.3 Å². The van der Waals surface area contributed by atoms with E-state index in [-0.39, 0.29) is 5.91 Å². The van der Waals surface area contributed by atoms with E-state index in [1.807, 2.05) is 24.3 Å². The first-order valence-corrected chi connectivity index (χ1v) is 6.46. The summed E-state index contributed by atoms with van der Waals surface area (Å²) in [5.74, 6) is 0.338. The molecule has 0 fully saturated rings. The molecule has 1 N–H and O–H groups in total. The monoisotopic (exact) mass is 324 g/mol. The third-order valence-corrected chi connectivity index (χ3v) is 2.97. The minimum Gasteiger partial charge on any atom is -0.310 e. The number of nitrogens with one attached hydrogen (secondary N) is 1. The van der Waals surface area contributed by atoms with Crippen LogP contribution in [0.25, 0.3) is 0 Å². The zero-order valence-corrected chi connectivity index (χ0v) is 11.7. The highest BCUT2D eigenvalue weighted by molar-refractivity contribution is 9.10. The second-order valence-electron chi connectivity index (χ2n) is 3.71. The van der Waals surface area contributed by atoms with Gasteiger partial charge in [-0.3, -0.25) is 4.79 Å². The van der Waals surface area contributed by atoms with Crippen molar-refractivity contribution in [3.05, 3.63) is 57.7 Å². The molecular formula is C13H10BrClN2O. The number of rotatable bonds is 3. The van der Waals surface area contributed by atoms with Crippen LogP contribution in [0.1, 0.15) is 5.56 Å². The molecule has 1 heterocycles. The van der Waals surface area contributed by atoms with Crippen LogP contribution < -0.4 is 5.32 Å². The molecule has 1 aromatic carbocycles. The normalized spacial score (nSPS) is 10.1. The summed E-state index contributed by atoms with van der Waals surface area (Å²) in [7, 11) is 0. The quantitative estimate of drug-likeness (QED) is 0.935. The first-order valence-electron chi connectivity index (χ1n) is 5.29. The summed E-state index contributed by atoms with van der Waals surface area (Å²) < 4.78 is 0.952. The van der Waals surface area contributed by atoms with Crippen molar-refractivity contribution in [1.29, 1.82) is 0 Å². The van der Waals surface area contributed by atoms with Crippen LogP contribution in [-0.2, 0) is 11.2 Å². The number of pyridine rings is 1. The van der Waals surface area contributed by atoms with Gasteiger partial charge in [0.25, 0.3) is 0 Å². The van der Waals surface area contributed by atoms with Crippen molar-refractivity contribution in [3.8, 4) is 0 Å². The van der Waals surface area contributed by atoms with Gasteiger partial charge in [0.1, 0.15) is 5.82 Å². The van der Waals surface area contributed by atoms with Crippen molar-refractivity contribution in [2.24, 2.45) is 0 Å². The summed E-state index contributed by atoms with van der Waals surface area (Å²) in [6.07, 6.45) is 1.85. The van der Waals surface area contributed by atoms with Gasteiger partial charge < -0.3 is 5.32 Å². The van der Waals surface area contributed by atoms with Gasteiger partial charge in [-0.1, -0.05) is 39.7 Å². The average Bonchev–Trinajstić information content (AvgIpc) is 2.28. The Morgan fingerprint density at radius 2 is 2.17 bits per heavy atom. The van der Waals surface area contributed by atoms with Crippen LogP contribution in [0.3, 0.4) is 0 Å². The van der Waals surface area contributed by atoms with Crippen LogP contribution in [0, 0.1) is 0 Å². The van der Waals surface area contributed by atoms with E-state index < -0.39 is 0 Å². The van der Waals surface area contributed by atoms with E-state index in [0.717, 1.165) is 10.0 Å². The lowest BCUT2D eigenvalue weighted by Gasteiger charge is -2.05. The smallest absolute Gasteiger partial charge is 0.229 e. The zero-order chi connectivity index (χ0) is 13.0. The highest BCUT2D eigenvalue weighted by Gasteiger charge is 2.05. The molecule has 18 heavy (non-hydrogen) atoms. The van der Waals surface area contributed by atoms with Crippen molar-refractivity contribution in [2.45, 2.75) is 6.42 Å². The SMILES string of the molecule is O=C(Cc1cccc(Br)c1)Nc1cc(Cl)ccn1. The Hall–Kier alpha value is -1.39. The second-order valence-corrected chi connectivity index (χ2v) is 5.07. The molecule has 0 aliphatic carbocycles. The number of carbonyl (C=O) groups excluding carboxylic acids is 1. The fraction of sp³-hybridized carbons (Fsp3) is 0.0769. The summed E-state index contributed by atoms with van der Waals surface area (Å²) >= 11 is 9.18. The average molecular weight is 326 g/mol. The van der Waals surface area contributed by atoms with Gasteiger partial charge in [0.15, 0.2) is 0 Å². The van der Waals surface area contributed by atoms with Crippen molar-refractivity contribution >= 4 is 39.3 Å². The minimum atomic E-state index is -0.122. The Labute approximate surface area is 118 Å². The lowest BCUT2D eigenvalue weighted by atomic mass is 10.1. The summed E-state index contributed by atoms with van der Waals surface area (Å²) in [6, 6.07) is 10.9.